The molecule has 0 amide bonds. The molecule has 0 spiro atoms. The van der Waals surface area contributed by atoms with E-state index in [-0.39, 0.29) is 11.3 Å². The van der Waals surface area contributed by atoms with Crippen LogP contribution in [0, 0.1) is 11.3 Å². The molecule has 1 heteroatoms. The zero-order chi connectivity index (χ0) is 11.1. The second-order valence-corrected chi connectivity index (χ2v) is 5.63. The fourth-order valence-electron chi connectivity index (χ4n) is 2.40. The summed E-state index contributed by atoms with van der Waals surface area (Å²) in [6, 6.07) is 0. The summed E-state index contributed by atoms with van der Waals surface area (Å²) in [6.07, 6.45) is 3.95. The Morgan fingerprint density at radius 3 is 2.21 bits per heavy atom. The Hall–Kier alpha value is -0.560. The number of hydrogen-bond donors (Lipinski definition) is 1. The lowest BCUT2D eigenvalue weighted by Gasteiger charge is -2.39. The summed E-state index contributed by atoms with van der Waals surface area (Å²) < 4.78 is 0. The highest BCUT2D eigenvalue weighted by atomic mass is 16.3. The van der Waals surface area contributed by atoms with Crippen molar-refractivity contribution in [2.24, 2.45) is 11.3 Å². The first-order chi connectivity index (χ1) is 6.16. The predicted molar refractivity (Wildman–Crippen MR) is 61.1 cm³/mol. The van der Waals surface area contributed by atoms with Crippen LogP contribution in [0.1, 0.15) is 41.5 Å². The Morgan fingerprint density at radius 1 is 1.36 bits per heavy atom. The van der Waals surface area contributed by atoms with E-state index in [1.54, 1.807) is 0 Å². The first-order valence-electron chi connectivity index (χ1n) is 5.29. The molecule has 0 radical (unpaired) electrons. The largest absolute Gasteiger partial charge is 0.385 e. The van der Waals surface area contributed by atoms with E-state index >= 15 is 0 Å². The van der Waals surface area contributed by atoms with Gasteiger partial charge in [-0.25, -0.2) is 0 Å². The molecule has 0 aromatic heterocycles. The Labute approximate surface area is 87.5 Å². The highest BCUT2D eigenvalue weighted by molar-refractivity contribution is 5.37. The van der Waals surface area contributed by atoms with Crippen molar-refractivity contribution in [3.05, 3.63) is 23.3 Å². The smallest absolute Gasteiger partial charge is 0.0865 e. The molecule has 2 atom stereocenters. The zero-order valence-electron chi connectivity index (χ0n) is 10.2. The highest BCUT2D eigenvalue weighted by Gasteiger charge is 2.36. The fourth-order valence-corrected chi connectivity index (χ4v) is 2.40. The minimum Gasteiger partial charge on any atom is -0.385 e. The average Bonchev–Trinajstić information content (AvgIpc) is 1.96. The fraction of sp³-hybridized carbons (Fsp3) is 0.692. The quantitative estimate of drug-likeness (QED) is 0.627. The van der Waals surface area contributed by atoms with E-state index in [9.17, 15) is 5.11 Å². The molecule has 2 unspecified atom stereocenters. The van der Waals surface area contributed by atoms with Gasteiger partial charge in [-0.1, -0.05) is 51.0 Å². The summed E-state index contributed by atoms with van der Waals surface area (Å²) >= 11 is 0. The molecule has 1 aliphatic rings. The maximum Gasteiger partial charge on any atom is 0.0865 e. The monoisotopic (exact) mass is 194 g/mol. The van der Waals surface area contributed by atoms with Crippen LogP contribution in [-0.4, -0.2) is 10.7 Å². The zero-order valence-corrected chi connectivity index (χ0v) is 10.2. The van der Waals surface area contributed by atoms with E-state index in [2.05, 4.69) is 34.6 Å². The molecule has 0 saturated carbocycles. The maximum atomic E-state index is 10.2. The van der Waals surface area contributed by atoms with Crippen LogP contribution in [0.15, 0.2) is 23.3 Å². The van der Waals surface area contributed by atoms with Crippen LogP contribution in [0.25, 0.3) is 0 Å². The van der Waals surface area contributed by atoms with Gasteiger partial charge in [0.15, 0.2) is 0 Å². The molecule has 14 heavy (non-hydrogen) atoms. The second-order valence-electron chi connectivity index (χ2n) is 5.63. The van der Waals surface area contributed by atoms with E-state index in [0.717, 1.165) is 0 Å². The summed E-state index contributed by atoms with van der Waals surface area (Å²) in [6.45, 7) is 12.7. The Bertz CT molecular complexity index is 287. The molecule has 0 aromatic rings. The van der Waals surface area contributed by atoms with Crippen LogP contribution < -0.4 is 0 Å². The SMILES string of the molecule is CC1=C(C(C)(C)C)C(C)C(C)(O)C=C1. The molecule has 1 aliphatic carbocycles. The van der Waals surface area contributed by atoms with E-state index in [1.807, 2.05) is 19.1 Å². The van der Waals surface area contributed by atoms with Crippen LogP contribution in [0.3, 0.4) is 0 Å². The summed E-state index contributed by atoms with van der Waals surface area (Å²) in [7, 11) is 0. The van der Waals surface area contributed by atoms with Gasteiger partial charge in [-0.2, -0.15) is 0 Å². The lowest BCUT2D eigenvalue weighted by molar-refractivity contribution is 0.0593. The molecule has 1 nitrogen and oxygen atoms in total. The van der Waals surface area contributed by atoms with Gasteiger partial charge in [-0.3, -0.25) is 0 Å². The molecule has 1 N–H and O–H groups in total. The summed E-state index contributed by atoms with van der Waals surface area (Å²) in [5.41, 5.74) is 2.11. The second kappa shape index (κ2) is 3.23. The van der Waals surface area contributed by atoms with Crippen molar-refractivity contribution in [2.75, 3.05) is 0 Å². The van der Waals surface area contributed by atoms with Gasteiger partial charge in [0.05, 0.1) is 5.60 Å². The highest BCUT2D eigenvalue weighted by Crippen LogP contribution is 2.42. The van der Waals surface area contributed by atoms with Gasteiger partial charge in [0, 0.05) is 5.92 Å². The summed E-state index contributed by atoms with van der Waals surface area (Å²) in [4.78, 5) is 0. The molecule has 0 heterocycles. The maximum absolute atomic E-state index is 10.2. The van der Waals surface area contributed by atoms with Gasteiger partial charge < -0.3 is 5.11 Å². The van der Waals surface area contributed by atoms with E-state index in [1.165, 1.54) is 11.1 Å². The van der Waals surface area contributed by atoms with Crippen LogP contribution in [0.4, 0.5) is 0 Å². The molecule has 0 saturated heterocycles. The molecular weight excluding hydrogens is 172 g/mol. The van der Waals surface area contributed by atoms with Crippen LogP contribution in [-0.2, 0) is 0 Å². The van der Waals surface area contributed by atoms with Crippen molar-refractivity contribution in [1.82, 2.24) is 0 Å². The molecule has 1 rings (SSSR count). The van der Waals surface area contributed by atoms with Gasteiger partial charge in [0.2, 0.25) is 0 Å². The van der Waals surface area contributed by atoms with Crippen LogP contribution in [0.2, 0.25) is 0 Å². The topological polar surface area (TPSA) is 20.2 Å². The number of hydrogen-bond acceptors (Lipinski definition) is 1. The van der Waals surface area contributed by atoms with E-state index < -0.39 is 5.60 Å². The minimum atomic E-state index is -0.692. The van der Waals surface area contributed by atoms with Crippen molar-refractivity contribution < 1.29 is 5.11 Å². The van der Waals surface area contributed by atoms with Crippen molar-refractivity contribution in [1.29, 1.82) is 0 Å². The van der Waals surface area contributed by atoms with Crippen molar-refractivity contribution in [3.63, 3.8) is 0 Å². The number of aliphatic hydroxyl groups is 1. The van der Waals surface area contributed by atoms with Crippen molar-refractivity contribution in [2.45, 2.75) is 47.1 Å². The molecule has 0 aromatic carbocycles. The van der Waals surface area contributed by atoms with Gasteiger partial charge in [0.1, 0.15) is 0 Å². The third-order valence-corrected chi connectivity index (χ3v) is 3.21. The van der Waals surface area contributed by atoms with E-state index in [4.69, 9.17) is 0 Å². The molecule has 0 fully saturated rings. The Kier molecular flexibility index (Phi) is 2.66. The first-order valence-corrected chi connectivity index (χ1v) is 5.29. The molecule has 0 aliphatic heterocycles. The third kappa shape index (κ3) is 1.93. The van der Waals surface area contributed by atoms with Crippen LogP contribution in [0.5, 0.6) is 0 Å². The summed E-state index contributed by atoms with van der Waals surface area (Å²) in [5, 5.41) is 10.2. The third-order valence-electron chi connectivity index (χ3n) is 3.21. The first kappa shape index (κ1) is 11.5. The standard InChI is InChI=1S/C13H22O/c1-9-7-8-13(6,14)10(2)11(9)12(3,4)5/h7-8,10,14H,1-6H3. The van der Waals surface area contributed by atoms with Gasteiger partial charge in [-0.05, 0) is 19.3 Å². The normalized spacial score (nSPS) is 33.8. The lowest BCUT2D eigenvalue weighted by Crippen LogP contribution is -2.37. The Morgan fingerprint density at radius 2 is 1.86 bits per heavy atom. The van der Waals surface area contributed by atoms with E-state index in [0.29, 0.717) is 0 Å². The lowest BCUT2D eigenvalue weighted by atomic mass is 9.68. The van der Waals surface area contributed by atoms with Crippen molar-refractivity contribution in [3.8, 4) is 0 Å². The average molecular weight is 194 g/mol. The van der Waals surface area contributed by atoms with Gasteiger partial charge in [-0.15, -0.1) is 0 Å². The van der Waals surface area contributed by atoms with Gasteiger partial charge in [0.25, 0.3) is 0 Å². The van der Waals surface area contributed by atoms with Crippen LogP contribution >= 0.6 is 0 Å². The number of rotatable bonds is 0. The summed E-state index contributed by atoms with van der Waals surface area (Å²) in [5.74, 6) is 0.201. The van der Waals surface area contributed by atoms with Gasteiger partial charge >= 0.3 is 0 Å². The predicted octanol–water partition coefficient (Wildman–Crippen LogP) is 3.31. The van der Waals surface area contributed by atoms with Crippen molar-refractivity contribution >= 4 is 0 Å². The Balaban J connectivity index is 3.20. The molecule has 0 bridgehead atoms. The molecule has 80 valence electrons. The molecular formula is C13H22O. The minimum absolute atomic E-state index is 0.137. The number of allylic oxidation sites excluding steroid dienone is 2.